The van der Waals surface area contributed by atoms with Crippen molar-refractivity contribution in [1.82, 2.24) is 0 Å². The van der Waals surface area contributed by atoms with E-state index in [9.17, 15) is 14.7 Å². The summed E-state index contributed by atoms with van der Waals surface area (Å²) in [5, 5.41) is 9.41. The fraction of sp³-hybridized carbons (Fsp3) is 0.913. The van der Waals surface area contributed by atoms with Crippen molar-refractivity contribution in [3.05, 3.63) is 0 Å². The Morgan fingerprint density at radius 2 is 1.75 bits per heavy atom. The van der Waals surface area contributed by atoms with Gasteiger partial charge in [-0.2, -0.15) is 0 Å². The Kier molecular flexibility index (Phi) is 4.92. The van der Waals surface area contributed by atoms with Crippen LogP contribution in [0, 0.1) is 34.5 Å². The number of aliphatic hydroxyl groups excluding tert-OH is 1. The normalized spacial score (nSPS) is 50.2. The molecule has 0 aromatic heterocycles. The van der Waals surface area contributed by atoms with Gasteiger partial charge in [0.2, 0.25) is 0 Å². The number of esters is 1. The molecule has 8 atom stereocenters. The van der Waals surface area contributed by atoms with Gasteiger partial charge in [-0.1, -0.05) is 13.8 Å². The molecule has 4 saturated carbocycles. The van der Waals surface area contributed by atoms with Crippen LogP contribution in [0.1, 0.15) is 78.6 Å². The first-order valence-corrected chi connectivity index (χ1v) is 11.2. The van der Waals surface area contributed by atoms with E-state index in [0.29, 0.717) is 6.42 Å². The summed E-state index contributed by atoms with van der Waals surface area (Å²) in [6.07, 6.45) is 7.03. The number of fused-ring (bicyclic) bond motifs is 5. The van der Waals surface area contributed by atoms with E-state index in [4.69, 9.17) is 4.74 Å². The van der Waals surface area contributed by atoms with Crippen LogP contribution in [0.4, 0.5) is 4.39 Å². The van der Waals surface area contributed by atoms with Gasteiger partial charge in [-0.25, -0.2) is 4.39 Å². The van der Waals surface area contributed by atoms with Crippen molar-refractivity contribution in [2.24, 2.45) is 34.5 Å². The summed E-state index contributed by atoms with van der Waals surface area (Å²) >= 11 is 0. The molecule has 4 aliphatic rings. The molecule has 4 aliphatic carbocycles. The quantitative estimate of drug-likeness (QED) is 0.728. The van der Waals surface area contributed by atoms with E-state index >= 15 is 4.39 Å². The van der Waals surface area contributed by atoms with E-state index in [0.717, 1.165) is 51.4 Å². The highest BCUT2D eigenvalue weighted by Crippen LogP contribution is 2.70. The molecule has 4 fully saturated rings. The first-order valence-electron chi connectivity index (χ1n) is 11.2. The molecule has 0 spiro atoms. The molecule has 0 aromatic rings. The Bertz CT molecular complexity index is 665. The Labute approximate surface area is 167 Å². The fourth-order valence-electron chi connectivity index (χ4n) is 8.08. The lowest BCUT2D eigenvalue weighted by molar-refractivity contribution is -0.206. The van der Waals surface area contributed by atoms with Crippen molar-refractivity contribution in [3.63, 3.8) is 0 Å². The van der Waals surface area contributed by atoms with Gasteiger partial charge in [0.25, 0.3) is 0 Å². The molecular weight excluding hydrogens is 359 g/mol. The summed E-state index contributed by atoms with van der Waals surface area (Å²) in [5.41, 5.74) is -1.73. The lowest BCUT2D eigenvalue weighted by atomic mass is 9.43. The second-order valence-electron chi connectivity index (χ2n) is 10.5. The van der Waals surface area contributed by atoms with E-state index in [2.05, 4.69) is 13.8 Å². The minimum absolute atomic E-state index is 0.00858. The molecule has 4 rings (SSSR count). The number of ketones is 1. The van der Waals surface area contributed by atoms with Crippen LogP contribution in [0.3, 0.4) is 0 Å². The number of carbonyl (C=O) groups is 2. The zero-order chi connectivity index (χ0) is 20.3. The molecule has 0 bridgehead atoms. The molecule has 0 radical (unpaired) electrons. The Balaban J connectivity index is 1.59. The Morgan fingerprint density at radius 3 is 2.43 bits per heavy atom. The third-order valence-corrected chi connectivity index (χ3v) is 9.60. The fourth-order valence-corrected chi connectivity index (χ4v) is 8.08. The number of halogens is 1. The number of aliphatic hydroxyl groups is 1. The highest BCUT2D eigenvalue weighted by atomic mass is 19.1. The number of ether oxygens (including phenoxy) is 1. The lowest BCUT2D eigenvalue weighted by Gasteiger charge is -2.64. The van der Waals surface area contributed by atoms with Crippen molar-refractivity contribution >= 4 is 11.8 Å². The van der Waals surface area contributed by atoms with Crippen molar-refractivity contribution in [3.8, 4) is 0 Å². The van der Waals surface area contributed by atoms with Gasteiger partial charge >= 0.3 is 5.97 Å². The van der Waals surface area contributed by atoms with Gasteiger partial charge < -0.3 is 9.84 Å². The Hall–Kier alpha value is -0.970. The van der Waals surface area contributed by atoms with Crippen LogP contribution in [-0.4, -0.2) is 35.2 Å². The van der Waals surface area contributed by atoms with Gasteiger partial charge in [0.1, 0.15) is 18.4 Å². The molecular formula is C23H35FO4. The van der Waals surface area contributed by atoms with Crippen molar-refractivity contribution in [2.45, 2.75) is 90.3 Å². The summed E-state index contributed by atoms with van der Waals surface area (Å²) in [6.45, 7) is 5.37. The second kappa shape index (κ2) is 6.78. The first-order chi connectivity index (χ1) is 13.2. The van der Waals surface area contributed by atoms with E-state index in [1.165, 1.54) is 6.92 Å². The monoisotopic (exact) mass is 394 g/mol. The third-order valence-electron chi connectivity index (χ3n) is 9.60. The summed E-state index contributed by atoms with van der Waals surface area (Å²) < 4.78 is 22.4. The first kappa shape index (κ1) is 20.3. The van der Waals surface area contributed by atoms with Gasteiger partial charge in [-0.15, -0.1) is 0 Å². The third kappa shape index (κ3) is 2.71. The van der Waals surface area contributed by atoms with Gasteiger partial charge in [-0.3, -0.25) is 9.59 Å². The zero-order valence-electron chi connectivity index (χ0n) is 17.5. The molecule has 1 N–H and O–H groups in total. The number of carbonyl (C=O) groups excluding carboxylic acids is 2. The topological polar surface area (TPSA) is 63.6 Å². The summed E-state index contributed by atoms with van der Waals surface area (Å²) in [4.78, 5) is 23.7. The van der Waals surface area contributed by atoms with Crippen LogP contribution < -0.4 is 0 Å². The van der Waals surface area contributed by atoms with Gasteiger partial charge in [0.05, 0.1) is 0 Å². The SMILES string of the molecule is CC(=O)O[C@H]1CC[C@@]2(C)[C@H](CC[C@H]3[C@@H]4CC[C@H](C(=O)CO)[C@@]4(C)CC[C@@]32F)C1. The Morgan fingerprint density at radius 1 is 1.04 bits per heavy atom. The second-order valence-corrected chi connectivity index (χ2v) is 10.5. The molecule has 4 nitrogen and oxygen atoms in total. The number of rotatable bonds is 3. The van der Waals surface area contributed by atoms with Crippen molar-refractivity contribution < 1.29 is 23.8 Å². The van der Waals surface area contributed by atoms with E-state index in [1.54, 1.807) is 0 Å². The molecule has 28 heavy (non-hydrogen) atoms. The molecule has 5 heteroatoms. The maximum Gasteiger partial charge on any atom is 0.302 e. The zero-order valence-corrected chi connectivity index (χ0v) is 17.5. The minimum atomic E-state index is -1.20. The van der Waals surface area contributed by atoms with E-state index in [1.807, 2.05) is 0 Å². The maximum atomic E-state index is 16.9. The maximum absolute atomic E-state index is 16.9. The number of Topliss-reactive ketones (excluding diaryl/α,β-unsaturated/α-hetero) is 1. The van der Waals surface area contributed by atoms with Gasteiger partial charge in [-0.05, 0) is 81.0 Å². The smallest absolute Gasteiger partial charge is 0.302 e. The van der Waals surface area contributed by atoms with Gasteiger partial charge in [0.15, 0.2) is 5.78 Å². The number of alkyl halides is 1. The molecule has 0 unspecified atom stereocenters. The number of hydrogen-bond donors (Lipinski definition) is 1. The van der Waals surface area contributed by atoms with Crippen LogP contribution in [0.25, 0.3) is 0 Å². The highest BCUT2D eigenvalue weighted by Gasteiger charge is 2.68. The van der Waals surface area contributed by atoms with Crippen LogP contribution >= 0.6 is 0 Å². The van der Waals surface area contributed by atoms with E-state index in [-0.39, 0.29) is 52.4 Å². The summed E-state index contributed by atoms with van der Waals surface area (Å²) in [5.74, 6) is 0.0872. The molecule has 0 amide bonds. The standard InChI is InChI=1S/C23H35FO4/c1-14(26)28-16-8-9-22(3)15(12-16)4-5-18-17-6-7-19(20(27)13-25)21(17,2)10-11-23(18,22)24/h15-19,25H,4-13H2,1-3H3/t15-,16+,17+,18+,19-,21+,22+,23-/m1/s1. The largest absolute Gasteiger partial charge is 0.463 e. The van der Waals surface area contributed by atoms with Gasteiger partial charge in [0, 0.05) is 18.3 Å². The van der Waals surface area contributed by atoms with Crippen LogP contribution in [0.5, 0.6) is 0 Å². The molecule has 158 valence electrons. The average molecular weight is 395 g/mol. The number of hydrogen-bond acceptors (Lipinski definition) is 4. The molecule has 0 heterocycles. The highest BCUT2D eigenvalue weighted by molar-refractivity contribution is 5.83. The van der Waals surface area contributed by atoms with Crippen molar-refractivity contribution in [2.75, 3.05) is 6.61 Å². The minimum Gasteiger partial charge on any atom is -0.463 e. The van der Waals surface area contributed by atoms with E-state index < -0.39 is 12.3 Å². The molecule has 0 aliphatic heterocycles. The predicted molar refractivity (Wildman–Crippen MR) is 103 cm³/mol. The summed E-state index contributed by atoms with van der Waals surface area (Å²) in [7, 11) is 0. The molecule has 0 saturated heterocycles. The predicted octanol–water partition coefficient (Wildman–Crippen LogP) is 4.23. The van der Waals surface area contributed by atoms with Crippen LogP contribution in [0.15, 0.2) is 0 Å². The van der Waals surface area contributed by atoms with Crippen molar-refractivity contribution in [1.29, 1.82) is 0 Å². The lowest BCUT2D eigenvalue weighted by Crippen LogP contribution is -2.63. The average Bonchev–Trinajstić information content (AvgIpc) is 2.99. The summed E-state index contributed by atoms with van der Waals surface area (Å²) in [6, 6.07) is 0. The molecule has 0 aromatic carbocycles. The van der Waals surface area contributed by atoms with Crippen LogP contribution in [-0.2, 0) is 14.3 Å². The van der Waals surface area contributed by atoms with Crippen LogP contribution in [0.2, 0.25) is 0 Å².